The quantitative estimate of drug-likeness (QED) is 0.642. The lowest BCUT2D eigenvalue weighted by Crippen LogP contribution is -2.41. The van der Waals surface area contributed by atoms with Crippen molar-refractivity contribution in [2.75, 3.05) is 6.61 Å². The molecule has 0 aromatic carbocycles. The highest BCUT2D eigenvalue weighted by Gasteiger charge is 2.38. The molecule has 0 saturated heterocycles. The first-order valence-electron chi connectivity index (χ1n) is 6.96. The van der Waals surface area contributed by atoms with Crippen LogP contribution in [0.25, 0.3) is 0 Å². The molecule has 0 aromatic rings. The van der Waals surface area contributed by atoms with E-state index in [-0.39, 0.29) is 11.0 Å². The van der Waals surface area contributed by atoms with E-state index in [1.54, 1.807) is 0 Å². The molecule has 2 aliphatic rings. The van der Waals surface area contributed by atoms with E-state index in [1.165, 1.54) is 5.57 Å². The summed E-state index contributed by atoms with van der Waals surface area (Å²) in [4.78, 5) is 0. The van der Waals surface area contributed by atoms with Crippen molar-refractivity contribution in [1.82, 2.24) is 0 Å². The Hall–Kier alpha value is -0.583. The van der Waals surface area contributed by atoms with E-state index in [1.807, 2.05) is 12.3 Å². The monoisotopic (exact) mass is 354 g/mol. The van der Waals surface area contributed by atoms with Crippen LogP contribution in [-0.2, 0) is 9.16 Å². The Bertz CT molecular complexity index is 507. The summed E-state index contributed by atoms with van der Waals surface area (Å²) in [6, 6.07) is 0. The van der Waals surface area contributed by atoms with Gasteiger partial charge in [0, 0.05) is 10.4 Å². The summed E-state index contributed by atoms with van der Waals surface area (Å²) in [5, 5.41) is 0.211. The second-order valence-electron chi connectivity index (χ2n) is 6.78. The third-order valence-electron chi connectivity index (χ3n) is 4.31. The number of halogens is 1. The van der Waals surface area contributed by atoms with E-state index < -0.39 is 8.32 Å². The second-order valence-corrected chi connectivity index (χ2v) is 12.4. The zero-order valence-corrected chi connectivity index (χ0v) is 15.5. The van der Waals surface area contributed by atoms with E-state index in [9.17, 15) is 0 Å². The molecule has 0 bridgehead atoms. The first-order chi connectivity index (χ1) is 9.22. The van der Waals surface area contributed by atoms with Crippen LogP contribution in [0, 0.1) is 5.92 Å². The van der Waals surface area contributed by atoms with Crippen molar-refractivity contribution >= 4 is 24.2 Å². The first kappa shape index (κ1) is 15.8. The van der Waals surface area contributed by atoms with Crippen molar-refractivity contribution < 1.29 is 9.16 Å². The third-order valence-corrected chi connectivity index (χ3v) is 9.72. The number of allylic oxidation sites excluding steroid dienone is 6. The van der Waals surface area contributed by atoms with Gasteiger partial charge in [-0.3, -0.25) is 0 Å². The molecule has 0 aromatic heterocycles. The summed E-state index contributed by atoms with van der Waals surface area (Å²) in [5.41, 5.74) is 1.18. The maximum Gasteiger partial charge on any atom is 0.192 e. The highest BCUT2D eigenvalue weighted by molar-refractivity contribution is 9.11. The van der Waals surface area contributed by atoms with Gasteiger partial charge in [0.05, 0.1) is 12.9 Å². The number of fused-ring (bicyclic) bond motifs is 1. The highest BCUT2D eigenvalue weighted by atomic mass is 79.9. The minimum absolute atomic E-state index is 0.211. The topological polar surface area (TPSA) is 18.5 Å². The largest absolute Gasteiger partial charge is 0.466 e. The van der Waals surface area contributed by atoms with Gasteiger partial charge in [-0.05, 0) is 23.7 Å². The van der Waals surface area contributed by atoms with Crippen LogP contribution in [0.3, 0.4) is 0 Å². The zero-order chi connectivity index (χ0) is 15.0. The Labute approximate surface area is 131 Å². The highest BCUT2D eigenvalue weighted by Crippen LogP contribution is 2.39. The Kier molecular flexibility index (Phi) is 4.47. The molecule has 20 heavy (non-hydrogen) atoms. The van der Waals surface area contributed by atoms with E-state index in [4.69, 9.17) is 9.16 Å². The van der Waals surface area contributed by atoms with Crippen LogP contribution in [0.15, 0.2) is 46.4 Å². The lowest BCUT2D eigenvalue weighted by molar-refractivity contribution is 0.226. The second kappa shape index (κ2) is 5.66. The van der Waals surface area contributed by atoms with E-state index in [0.717, 1.165) is 10.2 Å². The van der Waals surface area contributed by atoms with Crippen LogP contribution in [0.5, 0.6) is 0 Å². The van der Waals surface area contributed by atoms with Gasteiger partial charge in [0.15, 0.2) is 8.32 Å². The van der Waals surface area contributed by atoms with Crippen LogP contribution >= 0.6 is 15.9 Å². The predicted molar refractivity (Wildman–Crippen MR) is 90.0 cm³/mol. The maximum absolute atomic E-state index is 6.24. The first-order valence-corrected chi connectivity index (χ1v) is 10.7. The summed E-state index contributed by atoms with van der Waals surface area (Å²) < 4.78 is 13.1. The van der Waals surface area contributed by atoms with Gasteiger partial charge in [0.25, 0.3) is 0 Å². The Balaban J connectivity index is 2.08. The standard InChI is InChI=1S/C16H23BrO2Si/c1-16(2,3)20(4,5)19-11-14-15(17)13-9-7-6-8-12(13)10-18-14/h6-10,13H,11H2,1-5H3. The van der Waals surface area contributed by atoms with Gasteiger partial charge in [0.1, 0.15) is 5.76 Å². The normalized spacial score (nSPS) is 22.5. The van der Waals surface area contributed by atoms with Crippen LogP contribution < -0.4 is 0 Å². The Morgan fingerprint density at radius 3 is 2.65 bits per heavy atom. The maximum atomic E-state index is 6.24. The van der Waals surface area contributed by atoms with Gasteiger partial charge in [0.2, 0.25) is 0 Å². The molecule has 0 radical (unpaired) electrons. The van der Waals surface area contributed by atoms with Crippen molar-refractivity contribution in [3.05, 3.63) is 46.4 Å². The summed E-state index contributed by atoms with van der Waals surface area (Å²) in [6.45, 7) is 11.8. The fraction of sp³-hybridized carbons (Fsp3) is 0.500. The SMILES string of the molecule is CC(C)(C)[Si](C)(C)OCC1=C(Br)C2C=CC=CC2=CO1. The van der Waals surface area contributed by atoms with Gasteiger partial charge in [-0.2, -0.15) is 0 Å². The van der Waals surface area contributed by atoms with Crippen molar-refractivity contribution in [2.24, 2.45) is 5.92 Å². The molecule has 1 aliphatic carbocycles. The molecule has 0 spiro atoms. The van der Waals surface area contributed by atoms with Crippen molar-refractivity contribution in [2.45, 2.75) is 38.9 Å². The zero-order valence-electron chi connectivity index (χ0n) is 12.9. The summed E-state index contributed by atoms with van der Waals surface area (Å²) >= 11 is 3.68. The van der Waals surface area contributed by atoms with E-state index in [0.29, 0.717) is 6.61 Å². The van der Waals surface area contributed by atoms with E-state index in [2.05, 4.69) is 68.0 Å². The number of rotatable bonds is 3. The molecule has 4 heteroatoms. The molecule has 0 amide bonds. The molecular weight excluding hydrogens is 332 g/mol. The smallest absolute Gasteiger partial charge is 0.192 e. The fourth-order valence-corrected chi connectivity index (χ4v) is 3.38. The number of hydrogen-bond donors (Lipinski definition) is 0. The van der Waals surface area contributed by atoms with Gasteiger partial charge in [-0.15, -0.1) is 0 Å². The van der Waals surface area contributed by atoms with Crippen molar-refractivity contribution in [3.8, 4) is 0 Å². The average Bonchev–Trinajstić information content (AvgIpc) is 2.37. The van der Waals surface area contributed by atoms with Gasteiger partial charge in [-0.25, -0.2) is 0 Å². The minimum Gasteiger partial charge on any atom is -0.466 e. The Morgan fingerprint density at radius 2 is 2.00 bits per heavy atom. The molecular formula is C16H23BrO2Si. The molecule has 1 unspecified atom stereocenters. The molecule has 2 nitrogen and oxygen atoms in total. The molecule has 0 saturated carbocycles. The Morgan fingerprint density at radius 1 is 1.30 bits per heavy atom. The number of hydrogen-bond acceptors (Lipinski definition) is 2. The lowest BCUT2D eigenvalue weighted by Gasteiger charge is -2.36. The molecule has 1 heterocycles. The van der Waals surface area contributed by atoms with Crippen LogP contribution in [0.1, 0.15) is 20.8 Å². The minimum atomic E-state index is -1.75. The third kappa shape index (κ3) is 3.18. The van der Waals surface area contributed by atoms with Crippen LogP contribution in [-0.4, -0.2) is 14.9 Å². The molecule has 0 fully saturated rings. The average molecular weight is 355 g/mol. The molecule has 0 N–H and O–H groups in total. The van der Waals surface area contributed by atoms with E-state index >= 15 is 0 Å². The predicted octanol–water partition coefficient (Wildman–Crippen LogP) is 5.27. The number of ether oxygens (including phenoxy) is 1. The van der Waals surface area contributed by atoms with Crippen LogP contribution in [0.2, 0.25) is 18.1 Å². The van der Waals surface area contributed by atoms with Crippen molar-refractivity contribution in [1.29, 1.82) is 0 Å². The molecule has 1 aliphatic heterocycles. The van der Waals surface area contributed by atoms with Gasteiger partial charge >= 0.3 is 0 Å². The summed E-state index contributed by atoms with van der Waals surface area (Å²) in [5.74, 6) is 1.16. The fourth-order valence-electron chi connectivity index (χ4n) is 1.83. The lowest BCUT2D eigenvalue weighted by atomic mass is 9.94. The molecule has 110 valence electrons. The molecule has 2 rings (SSSR count). The van der Waals surface area contributed by atoms with Crippen LogP contribution in [0.4, 0.5) is 0 Å². The van der Waals surface area contributed by atoms with Gasteiger partial charge in [-0.1, -0.05) is 61.0 Å². The molecule has 1 atom stereocenters. The van der Waals surface area contributed by atoms with Crippen molar-refractivity contribution in [3.63, 3.8) is 0 Å². The summed E-state index contributed by atoms with van der Waals surface area (Å²) in [7, 11) is -1.75. The van der Waals surface area contributed by atoms with Gasteiger partial charge < -0.3 is 9.16 Å². The summed E-state index contributed by atoms with van der Waals surface area (Å²) in [6.07, 6.45) is 10.2.